The van der Waals surface area contributed by atoms with Gasteiger partial charge in [0.25, 0.3) is 11.8 Å². The van der Waals surface area contributed by atoms with Crippen LogP contribution in [0.25, 0.3) is 0 Å². The van der Waals surface area contributed by atoms with Gasteiger partial charge in [-0.3, -0.25) is 14.4 Å². The summed E-state index contributed by atoms with van der Waals surface area (Å²) in [5.41, 5.74) is 6.30. The summed E-state index contributed by atoms with van der Waals surface area (Å²) in [5, 5.41) is 0.157. The van der Waals surface area contributed by atoms with Gasteiger partial charge in [0.15, 0.2) is 0 Å². The fourth-order valence-electron chi connectivity index (χ4n) is 3.06. The van der Waals surface area contributed by atoms with Crippen LogP contribution in [0.1, 0.15) is 38.7 Å². The quantitative estimate of drug-likeness (QED) is 0.315. The lowest BCUT2D eigenvalue weighted by molar-refractivity contribution is -0.141. The molecule has 11 heteroatoms. The third-order valence-electron chi connectivity index (χ3n) is 4.80. The summed E-state index contributed by atoms with van der Waals surface area (Å²) in [5.74, 6) is -2.23. The van der Waals surface area contributed by atoms with Crippen LogP contribution < -0.4 is 10.6 Å². The number of ether oxygens (including phenoxy) is 1. The normalized spacial score (nSPS) is 11.6. The summed E-state index contributed by atoms with van der Waals surface area (Å²) in [7, 11) is 1.26. The van der Waals surface area contributed by atoms with Crippen LogP contribution in [0.3, 0.4) is 0 Å². The second-order valence-electron chi connectivity index (χ2n) is 6.98. The average molecular weight is 541 g/mol. The van der Waals surface area contributed by atoms with E-state index in [0.717, 1.165) is 4.90 Å². The first-order valence-electron chi connectivity index (χ1n) is 9.70. The minimum absolute atomic E-state index is 0.0391. The van der Waals surface area contributed by atoms with Crippen LogP contribution >= 0.6 is 46.4 Å². The molecule has 0 aliphatic rings. The van der Waals surface area contributed by atoms with E-state index in [-0.39, 0.29) is 43.5 Å². The van der Waals surface area contributed by atoms with Gasteiger partial charge in [0.1, 0.15) is 5.82 Å². The Bertz CT molecular complexity index is 1150. The molecule has 0 bridgehead atoms. The van der Waals surface area contributed by atoms with Crippen molar-refractivity contribution in [1.29, 1.82) is 0 Å². The number of imide groups is 1. The fourth-order valence-corrected chi connectivity index (χ4v) is 4.18. The lowest BCUT2D eigenvalue weighted by atomic mass is 10.1. The summed E-state index contributed by atoms with van der Waals surface area (Å²) >= 11 is 24.9. The Hall–Kier alpha value is -2.68. The number of aromatic nitrogens is 1. The zero-order valence-corrected chi connectivity index (χ0v) is 20.6. The second kappa shape index (κ2) is 11.2. The number of nitrogens with zero attached hydrogens (tertiary/aromatic N) is 2. The average Bonchev–Trinajstić information content (AvgIpc) is 2.79. The number of halogens is 4. The highest BCUT2D eigenvalue weighted by molar-refractivity contribution is 6.45. The van der Waals surface area contributed by atoms with E-state index >= 15 is 0 Å². The monoisotopic (exact) mass is 539 g/mol. The Morgan fingerprint density at radius 1 is 0.882 bits per heavy atom. The first-order chi connectivity index (χ1) is 16.1. The number of hydrogen-bond donors (Lipinski definition) is 1. The van der Waals surface area contributed by atoms with Crippen molar-refractivity contribution in [3.8, 4) is 0 Å². The van der Waals surface area contributed by atoms with Crippen LogP contribution in [0.5, 0.6) is 0 Å². The first kappa shape index (κ1) is 25.9. The number of carbonyl (C=O) groups is 3. The van der Waals surface area contributed by atoms with Gasteiger partial charge in [0.05, 0.1) is 44.7 Å². The largest absolute Gasteiger partial charge is 0.469 e. The Labute approximate surface area is 215 Å². The summed E-state index contributed by atoms with van der Waals surface area (Å²) in [6.07, 6.45) is 1.27. The zero-order chi connectivity index (χ0) is 25.0. The number of carbonyl (C=O) groups excluding carboxylic acids is 3. The van der Waals surface area contributed by atoms with Crippen LogP contribution in [-0.4, -0.2) is 29.9 Å². The summed E-state index contributed by atoms with van der Waals surface area (Å²) in [4.78, 5) is 43.6. The molecule has 0 fully saturated rings. The van der Waals surface area contributed by atoms with Gasteiger partial charge in [-0.15, -0.1) is 0 Å². The van der Waals surface area contributed by atoms with E-state index in [2.05, 4.69) is 9.72 Å². The van der Waals surface area contributed by atoms with Gasteiger partial charge in [0.2, 0.25) is 0 Å². The van der Waals surface area contributed by atoms with Crippen LogP contribution in [-0.2, 0) is 9.53 Å². The molecule has 7 nitrogen and oxygen atoms in total. The molecule has 0 aliphatic carbocycles. The number of amides is 2. The first-order valence-corrected chi connectivity index (χ1v) is 11.2. The molecule has 0 unspecified atom stereocenters. The Morgan fingerprint density at radius 3 is 1.74 bits per heavy atom. The lowest BCUT2D eigenvalue weighted by Gasteiger charge is -2.22. The van der Waals surface area contributed by atoms with Gasteiger partial charge in [0, 0.05) is 12.2 Å². The predicted molar refractivity (Wildman–Crippen MR) is 132 cm³/mol. The molecule has 0 spiro atoms. The van der Waals surface area contributed by atoms with E-state index in [0.29, 0.717) is 5.56 Å². The molecule has 2 N–H and O–H groups in total. The Kier molecular flexibility index (Phi) is 8.52. The van der Waals surface area contributed by atoms with Crippen molar-refractivity contribution in [2.45, 2.75) is 12.5 Å². The van der Waals surface area contributed by atoms with Gasteiger partial charge < -0.3 is 10.5 Å². The van der Waals surface area contributed by atoms with Crippen molar-refractivity contribution in [2.24, 2.45) is 5.73 Å². The topological polar surface area (TPSA) is 103 Å². The molecule has 1 atom stereocenters. The number of benzene rings is 2. The van der Waals surface area contributed by atoms with Crippen LogP contribution in [0.15, 0.2) is 54.7 Å². The van der Waals surface area contributed by atoms with Crippen LogP contribution in [0.4, 0.5) is 5.82 Å². The van der Waals surface area contributed by atoms with Gasteiger partial charge in [-0.2, -0.15) is 0 Å². The number of anilines is 1. The number of esters is 1. The number of pyridine rings is 1. The lowest BCUT2D eigenvalue weighted by Crippen LogP contribution is -2.38. The second-order valence-corrected chi connectivity index (χ2v) is 8.60. The molecule has 1 heterocycles. The van der Waals surface area contributed by atoms with E-state index in [1.165, 1.54) is 49.7 Å². The van der Waals surface area contributed by atoms with Gasteiger partial charge in [-0.05, 0) is 35.9 Å². The van der Waals surface area contributed by atoms with Crippen LogP contribution in [0.2, 0.25) is 20.1 Å². The molecular weight excluding hydrogens is 524 g/mol. The molecule has 3 aromatic rings. The van der Waals surface area contributed by atoms with Gasteiger partial charge in [-0.25, -0.2) is 9.88 Å². The van der Waals surface area contributed by atoms with Crippen molar-refractivity contribution >= 4 is 70.0 Å². The molecule has 3 rings (SSSR count). The fraction of sp³-hybridized carbons (Fsp3) is 0.130. The Morgan fingerprint density at radius 2 is 1.35 bits per heavy atom. The van der Waals surface area contributed by atoms with Crippen molar-refractivity contribution in [3.63, 3.8) is 0 Å². The summed E-state index contributed by atoms with van der Waals surface area (Å²) < 4.78 is 4.62. The summed E-state index contributed by atoms with van der Waals surface area (Å²) in [6, 6.07) is 11.2. The van der Waals surface area contributed by atoms with Crippen molar-refractivity contribution in [1.82, 2.24) is 4.98 Å². The standard InChI is InChI=1S/C23H17Cl4N3O4/c1-34-19(31)10-17(28)12-8-9-18(29-11-12)30(22(32)20-13(24)4-2-5-14(20)25)23(33)21-15(26)6-3-7-16(21)27/h2-9,11,17H,10,28H2,1H3/t17-/m0/s1. The van der Waals surface area contributed by atoms with Crippen molar-refractivity contribution in [2.75, 3.05) is 12.0 Å². The smallest absolute Gasteiger partial charge is 0.307 e. The highest BCUT2D eigenvalue weighted by Gasteiger charge is 2.32. The van der Waals surface area contributed by atoms with Crippen molar-refractivity contribution < 1.29 is 19.1 Å². The number of hydrogen-bond acceptors (Lipinski definition) is 6. The summed E-state index contributed by atoms with van der Waals surface area (Å²) in [6.45, 7) is 0. The SMILES string of the molecule is COC(=O)C[C@H](N)c1ccc(N(C(=O)c2c(Cl)cccc2Cl)C(=O)c2c(Cl)cccc2Cl)nc1. The van der Waals surface area contributed by atoms with E-state index in [9.17, 15) is 14.4 Å². The minimum atomic E-state index is -0.837. The molecule has 2 amide bonds. The number of methoxy groups -OCH3 is 1. The van der Waals surface area contributed by atoms with Gasteiger partial charge in [-0.1, -0.05) is 64.6 Å². The molecule has 1 aromatic heterocycles. The molecular formula is C23H17Cl4N3O4. The molecule has 0 radical (unpaired) electrons. The number of nitrogens with two attached hydrogens (primary N) is 1. The van der Waals surface area contributed by atoms with Crippen molar-refractivity contribution in [3.05, 3.63) is 91.5 Å². The maximum atomic E-state index is 13.6. The predicted octanol–water partition coefficient (Wildman–Crippen LogP) is 5.75. The highest BCUT2D eigenvalue weighted by Crippen LogP contribution is 2.32. The highest BCUT2D eigenvalue weighted by atomic mass is 35.5. The maximum absolute atomic E-state index is 13.6. The van der Waals surface area contributed by atoms with Crippen LogP contribution in [0, 0.1) is 0 Å². The molecule has 2 aromatic carbocycles. The van der Waals surface area contributed by atoms with E-state index < -0.39 is 23.8 Å². The molecule has 0 aliphatic heterocycles. The molecule has 176 valence electrons. The van der Waals surface area contributed by atoms with E-state index in [1.54, 1.807) is 12.1 Å². The zero-order valence-electron chi connectivity index (χ0n) is 17.6. The number of rotatable bonds is 6. The third-order valence-corrected chi connectivity index (χ3v) is 6.06. The molecule has 34 heavy (non-hydrogen) atoms. The maximum Gasteiger partial charge on any atom is 0.307 e. The van der Waals surface area contributed by atoms with E-state index in [4.69, 9.17) is 52.1 Å². The molecule has 0 saturated carbocycles. The minimum Gasteiger partial charge on any atom is -0.469 e. The van der Waals surface area contributed by atoms with E-state index in [1.807, 2.05) is 0 Å². The molecule has 0 saturated heterocycles. The Balaban J connectivity index is 2.10. The van der Waals surface area contributed by atoms with Gasteiger partial charge >= 0.3 is 5.97 Å². The third kappa shape index (κ3) is 5.51.